The highest BCUT2D eigenvalue weighted by Gasteiger charge is 2.28. The summed E-state index contributed by atoms with van der Waals surface area (Å²) in [5, 5.41) is 6.91. The van der Waals surface area contributed by atoms with Gasteiger partial charge >= 0.3 is 0 Å². The van der Waals surface area contributed by atoms with Crippen molar-refractivity contribution in [1.29, 1.82) is 0 Å². The molecule has 1 aromatic carbocycles. The van der Waals surface area contributed by atoms with Gasteiger partial charge in [-0.3, -0.25) is 14.8 Å². The lowest BCUT2D eigenvalue weighted by atomic mass is 10.2. The third kappa shape index (κ3) is 4.58. The number of amides is 1. The first kappa shape index (κ1) is 17.4. The first-order chi connectivity index (χ1) is 12.2. The van der Waals surface area contributed by atoms with Crippen molar-refractivity contribution in [2.24, 2.45) is 0 Å². The van der Waals surface area contributed by atoms with E-state index in [0.29, 0.717) is 32.7 Å². The second kappa shape index (κ2) is 8.13. The summed E-state index contributed by atoms with van der Waals surface area (Å²) in [6.07, 6.45) is 1.70. The van der Waals surface area contributed by atoms with Crippen LogP contribution in [0.15, 0.2) is 36.5 Å². The molecule has 1 unspecified atom stereocenters. The second-order valence-electron chi connectivity index (χ2n) is 6.23. The van der Waals surface area contributed by atoms with Crippen molar-refractivity contribution >= 4 is 5.91 Å². The lowest BCUT2D eigenvalue weighted by molar-refractivity contribution is -0.132. The van der Waals surface area contributed by atoms with Crippen LogP contribution in [-0.4, -0.2) is 65.9 Å². The number of rotatable bonds is 6. The van der Waals surface area contributed by atoms with E-state index in [2.05, 4.69) is 15.1 Å². The molecular formula is C18H24N4O3. The maximum Gasteiger partial charge on any atom is 0.237 e. The van der Waals surface area contributed by atoms with Crippen LogP contribution in [0.25, 0.3) is 0 Å². The fraction of sp³-hybridized carbons (Fsp3) is 0.444. The average molecular weight is 344 g/mol. The second-order valence-corrected chi connectivity index (χ2v) is 6.23. The lowest BCUT2D eigenvalue weighted by Gasteiger charge is -2.23. The molecule has 0 saturated carbocycles. The number of nitrogens with one attached hydrogen (secondary N) is 1. The molecule has 1 fully saturated rings. The van der Waals surface area contributed by atoms with Crippen molar-refractivity contribution in [3.8, 4) is 5.75 Å². The third-order valence-corrected chi connectivity index (χ3v) is 4.42. The van der Waals surface area contributed by atoms with Gasteiger partial charge < -0.3 is 14.4 Å². The summed E-state index contributed by atoms with van der Waals surface area (Å²) in [4.78, 5) is 16.7. The van der Waals surface area contributed by atoms with Gasteiger partial charge in [0.1, 0.15) is 5.75 Å². The largest absolute Gasteiger partial charge is 0.497 e. The number of aromatic amines is 1. The van der Waals surface area contributed by atoms with E-state index >= 15 is 0 Å². The van der Waals surface area contributed by atoms with Crippen molar-refractivity contribution in [2.45, 2.75) is 19.2 Å². The minimum absolute atomic E-state index is 0.0207. The molecular weight excluding hydrogens is 320 g/mol. The molecule has 1 atom stereocenters. The Hall–Kier alpha value is -2.38. The molecule has 7 nitrogen and oxygen atoms in total. The van der Waals surface area contributed by atoms with Crippen molar-refractivity contribution in [3.63, 3.8) is 0 Å². The van der Waals surface area contributed by atoms with Crippen molar-refractivity contribution in [2.75, 3.05) is 33.9 Å². The minimum atomic E-state index is -0.0207. The molecule has 7 heteroatoms. The Balaban J connectivity index is 1.68. The highest BCUT2D eigenvalue weighted by Crippen LogP contribution is 2.16. The number of carbonyl (C=O) groups is 1. The Labute approximate surface area is 147 Å². The van der Waals surface area contributed by atoms with Crippen molar-refractivity contribution in [3.05, 3.63) is 47.8 Å². The van der Waals surface area contributed by atoms with Crippen LogP contribution >= 0.6 is 0 Å². The van der Waals surface area contributed by atoms with Crippen molar-refractivity contribution < 1.29 is 14.3 Å². The highest BCUT2D eigenvalue weighted by atomic mass is 16.5. The minimum Gasteiger partial charge on any atom is -0.497 e. The number of carbonyl (C=O) groups excluding carboxylic acids is 1. The molecule has 1 N–H and O–H groups in total. The number of ether oxygens (including phenoxy) is 2. The summed E-state index contributed by atoms with van der Waals surface area (Å²) >= 11 is 0. The monoisotopic (exact) mass is 344 g/mol. The van der Waals surface area contributed by atoms with E-state index in [1.165, 1.54) is 0 Å². The SMILES string of the molecule is COc1ccc(CN2CC(OC)CN(Cc3ccn[nH]3)CC2=O)cc1. The van der Waals surface area contributed by atoms with Crippen LogP contribution in [0.1, 0.15) is 11.3 Å². The van der Waals surface area contributed by atoms with Crippen LogP contribution in [0.3, 0.4) is 0 Å². The van der Waals surface area contributed by atoms with Gasteiger partial charge in [0.05, 0.1) is 19.8 Å². The van der Waals surface area contributed by atoms with E-state index in [-0.39, 0.29) is 12.0 Å². The quantitative estimate of drug-likeness (QED) is 0.855. The summed E-state index contributed by atoms with van der Waals surface area (Å²) in [7, 11) is 3.34. The number of benzene rings is 1. The summed E-state index contributed by atoms with van der Waals surface area (Å²) in [5.41, 5.74) is 2.07. The number of hydrogen-bond acceptors (Lipinski definition) is 5. The fourth-order valence-corrected chi connectivity index (χ4v) is 3.04. The molecule has 134 valence electrons. The van der Waals surface area contributed by atoms with Gasteiger partial charge in [0, 0.05) is 45.2 Å². The molecule has 0 spiro atoms. The van der Waals surface area contributed by atoms with Gasteiger partial charge in [-0.15, -0.1) is 0 Å². The molecule has 1 aliphatic rings. The predicted molar refractivity (Wildman–Crippen MR) is 93.1 cm³/mol. The lowest BCUT2D eigenvalue weighted by Crippen LogP contribution is -2.37. The van der Waals surface area contributed by atoms with Gasteiger partial charge in [0.25, 0.3) is 0 Å². The maximum absolute atomic E-state index is 12.7. The normalized spacial score (nSPS) is 19.0. The van der Waals surface area contributed by atoms with E-state index < -0.39 is 0 Å². The predicted octanol–water partition coefficient (Wildman–Crippen LogP) is 1.28. The van der Waals surface area contributed by atoms with E-state index in [1.54, 1.807) is 20.4 Å². The third-order valence-electron chi connectivity index (χ3n) is 4.42. The molecule has 0 radical (unpaired) electrons. The smallest absolute Gasteiger partial charge is 0.237 e. The first-order valence-corrected chi connectivity index (χ1v) is 8.32. The Morgan fingerprint density at radius 2 is 1.96 bits per heavy atom. The Kier molecular flexibility index (Phi) is 5.67. The van der Waals surface area contributed by atoms with Crippen LogP contribution < -0.4 is 4.74 Å². The Bertz CT molecular complexity index is 672. The summed E-state index contributed by atoms with van der Waals surface area (Å²) < 4.78 is 10.8. The van der Waals surface area contributed by atoms with Gasteiger partial charge in [-0.1, -0.05) is 12.1 Å². The average Bonchev–Trinajstić information content (AvgIpc) is 3.08. The zero-order valence-electron chi connectivity index (χ0n) is 14.6. The molecule has 2 aromatic rings. The molecule has 2 heterocycles. The number of nitrogens with zero attached hydrogens (tertiary/aromatic N) is 3. The van der Waals surface area contributed by atoms with Crippen LogP contribution in [0.4, 0.5) is 0 Å². The van der Waals surface area contributed by atoms with E-state index in [1.807, 2.05) is 35.2 Å². The zero-order valence-corrected chi connectivity index (χ0v) is 14.6. The molecule has 1 aliphatic heterocycles. The first-order valence-electron chi connectivity index (χ1n) is 8.32. The highest BCUT2D eigenvalue weighted by molar-refractivity contribution is 5.78. The van der Waals surface area contributed by atoms with Crippen LogP contribution in [0.2, 0.25) is 0 Å². The Morgan fingerprint density at radius 1 is 1.16 bits per heavy atom. The number of aromatic nitrogens is 2. The summed E-state index contributed by atoms with van der Waals surface area (Å²) in [5.74, 6) is 0.918. The van der Waals surface area contributed by atoms with Crippen LogP contribution in [-0.2, 0) is 22.6 Å². The molecule has 1 saturated heterocycles. The number of H-pyrrole nitrogens is 1. The summed E-state index contributed by atoms with van der Waals surface area (Å²) in [6, 6.07) is 9.72. The van der Waals surface area contributed by atoms with Gasteiger partial charge in [0.2, 0.25) is 5.91 Å². The molecule has 1 aromatic heterocycles. The molecule has 3 rings (SSSR count). The maximum atomic E-state index is 12.7. The van der Waals surface area contributed by atoms with Crippen molar-refractivity contribution in [1.82, 2.24) is 20.0 Å². The zero-order chi connectivity index (χ0) is 17.6. The topological polar surface area (TPSA) is 70.7 Å². The fourth-order valence-electron chi connectivity index (χ4n) is 3.04. The van der Waals surface area contributed by atoms with Gasteiger partial charge in [-0.2, -0.15) is 5.10 Å². The van der Waals surface area contributed by atoms with Crippen LogP contribution in [0, 0.1) is 0 Å². The molecule has 0 aliphatic carbocycles. The van der Waals surface area contributed by atoms with E-state index in [0.717, 1.165) is 17.0 Å². The molecule has 0 bridgehead atoms. The Morgan fingerprint density at radius 3 is 2.60 bits per heavy atom. The van der Waals surface area contributed by atoms with Gasteiger partial charge in [-0.05, 0) is 23.8 Å². The van der Waals surface area contributed by atoms with E-state index in [4.69, 9.17) is 9.47 Å². The number of methoxy groups -OCH3 is 2. The standard InChI is InChI=1S/C18H24N4O3/c1-24-16-5-3-14(4-6-16)9-22-12-17(25-2)11-21(13-18(22)23)10-15-7-8-19-20-15/h3-8,17H,9-13H2,1-2H3,(H,19,20). The molecule has 25 heavy (non-hydrogen) atoms. The van der Waals surface area contributed by atoms with E-state index in [9.17, 15) is 4.79 Å². The van der Waals surface area contributed by atoms with Crippen LogP contribution in [0.5, 0.6) is 5.75 Å². The number of hydrogen-bond donors (Lipinski definition) is 1. The summed E-state index contributed by atoms with van der Waals surface area (Å²) in [6.45, 7) is 2.89. The van der Waals surface area contributed by atoms with Gasteiger partial charge in [-0.25, -0.2) is 0 Å². The van der Waals surface area contributed by atoms with Gasteiger partial charge in [0.15, 0.2) is 0 Å². The molecule has 1 amide bonds.